The minimum Gasteiger partial charge on any atom is -0.338 e. The highest BCUT2D eigenvalue weighted by atomic mass is 19.1. The van der Waals surface area contributed by atoms with E-state index in [-0.39, 0.29) is 0 Å². The predicted molar refractivity (Wildman–Crippen MR) is 72.5 cm³/mol. The molecule has 1 saturated heterocycles. The van der Waals surface area contributed by atoms with Crippen molar-refractivity contribution in [1.82, 2.24) is 15.3 Å². The van der Waals surface area contributed by atoms with E-state index in [1.165, 1.54) is 12.1 Å². The molecular weight excluding hydrogens is 262 g/mol. The fourth-order valence-electron chi connectivity index (χ4n) is 2.22. The molecule has 0 saturated carbocycles. The summed E-state index contributed by atoms with van der Waals surface area (Å²) in [5.74, 6) is -0.565. The second-order valence-corrected chi connectivity index (χ2v) is 4.67. The number of benzene rings is 1. The zero-order chi connectivity index (χ0) is 13.9. The molecule has 0 bridgehead atoms. The van der Waals surface area contributed by atoms with Crippen LogP contribution in [0.25, 0.3) is 11.1 Å². The van der Waals surface area contributed by atoms with Crippen LogP contribution in [0.4, 0.5) is 14.7 Å². The number of hydrogen-bond donors (Lipinski definition) is 1. The van der Waals surface area contributed by atoms with Gasteiger partial charge in [0, 0.05) is 50.2 Å². The zero-order valence-electron chi connectivity index (χ0n) is 10.8. The van der Waals surface area contributed by atoms with Crippen LogP contribution in [0.1, 0.15) is 0 Å². The molecule has 0 amide bonds. The lowest BCUT2D eigenvalue weighted by molar-refractivity contribution is 0.579. The predicted octanol–water partition coefficient (Wildman–Crippen LogP) is 1.83. The van der Waals surface area contributed by atoms with E-state index in [1.807, 2.05) is 0 Å². The van der Waals surface area contributed by atoms with Crippen molar-refractivity contribution in [2.45, 2.75) is 0 Å². The maximum absolute atomic E-state index is 13.2. The summed E-state index contributed by atoms with van der Waals surface area (Å²) in [6.45, 7) is 3.52. The maximum Gasteiger partial charge on any atom is 0.225 e. The molecule has 2 aromatic rings. The van der Waals surface area contributed by atoms with E-state index in [0.717, 1.165) is 32.2 Å². The van der Waals surface area contributed by atoms with E-state index >= 15 is 0 Å². The largest absolute Gasteiger partial charge is 0.338 e. The highest BCUT2D eigenvalue weighted by Gasteiger charge is 2.13. The van der Waals surface area contributed by atoms with E-state index in [1.54, 1.807) is 12.4 Å². The molecule has 6 heteroatoms. The molecule has 0 aliphatic carbocycles. The van der Waals surface area contributed by atoms with Crippen LogP contribution in [0.2, 0.25) is 0 Å². The summed E-state index contributed by atoms with van der Waals surface area (Å²) >= 11 is 0. The lowest BCUT2D eigenvalue weighted by atomic mass is 10.1. The van der Waals surface area contributed by atoms with E-state index in [4.69, 9.17) is 0 Å². The van der Waals surface area contributed by atoms with Crippen LogP contribution in [0.3, 0.4) is 0 Å². The minimum atomic E-state index is -0.605. The van der Waals surface area contributed by atoms with Crippen LogP contribution in [-0.4, -0.2) is 36.1 Å². The van der Waals surface area contributed by atoms with Gasteiger partial charge in [-0.15, -0.1) is 0 Å². The van der Waals surface area contributed by atoms with Crippen LogP contribution < -0.4 is 10.2 Å². The lowest BCUT2D eigenvalue weighted by Crippen LogP contribution is -2.44. The van der Waals surface area contributed by atoms with Gasteiger partial charge < -0.3 is 10.2 Å². The van der Waals surface area contributed by atoms with Gasteiger partial charge in [0.2, 0.25) is 5.95 Å². The Bertz CT molecular complexity index is 574. The topological polar surface area (TPSA) is 41.1 Å². The third kappa shape index (κ3) is 2.75. The number of hydrogen-bond acceptors (Lipinski definition) is 4. The van der Waals surface area contributed by atoms with Crippen molar-refractivity contribution in [3.8, 4) is 11.1 Å². The van der Waals surface area contributed by atoms with Gasteiger partial charge in [0.25, 0.3) is 0 Å². The highest BCUT2D eigenvalue weighted by Crippen LogP contribution is 2.21. The van der Waals surface area contributed by atoms with Crippen molar-refractivity contribution in [3.63, 3.8) is 0 Å². The Labute approximate surface area is 115 Å². The lowest BCUT2D eigenvalue weighted by Gasteiger charge is -2.27. The van der Waals surface area contributed by atoms with Gasteiger partial charge in [-0.2, -0.15) is 0 Å². The first-order valence-corrected chi connectivity index (χ1v) is 6.46. The fourth-order valence-corrected chi connectivity index (χ4v) is 2.22. The number of rotatable bonds is 2. The molecule has 3 rings (SSSR count). The second kappa shape index (κ2) is 5.50. The molecule has 2 heterocycles. The summed E-state index contributed by atoms with van der Waals surface area (Å²) in [6, 6.07) is 3.39. The van der Waals surface area contributed by atoms with Crippen molar-refractivity contribution in [1.29, 1.82) is 0 Å². The molecule has 1 aliphatic rings. The van der Waals surface area contributed by atoms with Gasteiger partial charge >= 0.3 is 0 Å². The number of anilines is 1. The van der Waals surface area contributed by atoms with Crippen LogP contribution in [-0.2, 0) is 0 Å². The van der Waals surface area contributed by atoms with Gasteiger partial charge in [0.15, 0.2) is 0 Å². The maximum atomic E-state index is 13.2. The summed E-state index contributed by atoms with van der Waals surface area (Å²) in [4.78, 5) is 10.6. The first-order chi connectivity index (χ1) is 9.72. The number of aromatic nitrogens is 2. The third-order valence-corrected chi connectivity index (χ3v) is 3.23. The molecule has 20 heavy (non-hydrogen) atoms. The molecule has 4 nitrogen and oxygen atoms in total. The molecule has 0 unspecified atom stereocenters. The minimum absolute atomic E-state index is 0.439. The summed E-state index contributed by atoms with van der Waals surface area (Å²) in [5.41, 5.74) is 1.04. The van der Waals surface area contributed by atoms with E-state index < -0.39 is 11.6 Å². The average molecular weight is 276 g/mol. The molecule has 1 aromatic heterocycles. The smallest absolute Gasteiger partial charge is 0.225 e. The normalized spacial score (nSPS) is 15.4. The summed E-state index contributed by atoms with van der Waals surface area (Å²) in [7, 11) is 0. The molecule has 0 atom stereocenters. The van der Waals surface area contributed by atoms with E-state index in [2.05, 4.69) is 20.2 Å². The van der Waals surface area contributed by atoms with Gasteiger partial charge in [-0.3, -0.25) is 0 Å². The van der Waals surface area contributed by atoms with Gasteiger partial charge in [-0.1, -0.05) is 0 Å². The molecular formula is C14H14F2N4. The monoisotopic (exact) mass is 276 g/mol. The Kier molecular flexibility index (Phi) is 3.56. The van der Waals surface area contributed by atoms with E-state index in [9.17, 15) is 8.78 Å². The molecule has 1 aromatic carbocycles. The Balaban J connectivity index is 1.85. The van der Waals surface area contributed by atoms with Gasteiger partial charge in [-0.25, -0.2) is 18.7 Å². The van der Waals surface area contributed by atoms with Crippen molar-refractivity contribution in [2.75, 3.05) is 31.1 Å². The first-order valence-electron chi connectivity index (χ1n) is 6.46. The fraction of sp³-hybridized carbons (Fsp3) is 0.286. The molecule has 1 N–H and O–H groups in total. The Hall–Kier alpha value is -2.08. The van der Waals surface area contributed by atoms with Crippen molar-refractivity contribution in [2.24, 2.45) is 0 Å². The molecule has 104 valence electrons. The molecule has 1 aliphatic heterocycles. The van der Waals surface area contributed by atoms with E-state index in [0.29, 0.717) is 17.1 Å². The highest BCUT2D eigenvalue weighted by molar-refractivity contribution is 5.62. The first kappa shape index (κ1) is 12.9. The van der Waals surface area contributed by atoms with Crippen LogP contribution in [0.5, 0.6) is 0 Å². The Morgan fingerprint density at radius 2 is 1.50 bits per heavy atom. The summed E-state index contributed by atoms with van der Waals surface area (Å²) in [5, 5.41) is 3.25. The Morgan fingerprint density at radius 3 is 2.10 bits per heavy atom. The van der Waals surface area contributed by atoms with Crippen LogP contribution in [0.15, 0.2) is 30.6 Å². The van der Waals surface area contributed by atoms with Crippen LogP contribution >= 0.6 is 0 Å². The quantitative estimate of drug-likeness (QED) is 0.908. The van der Waals surface area contributed by atoms with Crippen molar-refractivity contribution < 1.29 is 8.78 Å². The molecule has 0 spiro atoms. The number of nitrogens with one attached hydrogen (secondary N) is 1. The number of nitrogens with zero attached hydrogens (tertiary/aromatic N) is 3. The third-order valence-electron chi connectivity index (χ3n) is 3.23. The second-order valence-electron chi connectivity index (χ2n) is 4.67. The van der Waals surface area contributed by atoms with Crippen molar-refractivity contribution >= 4 is 5.95 Å². The molecule has 0 radical (unpaired) electrons. The van der Waals surface area contributed by atoms with Crippen LogP contribution in [0, 0.1) is 11.6 Å². The molecule has 1 fully saturated rings. The zero-order valence-corrected chi connectivity index (χ0v) is 10.8. The standard InChI is InChI=1S/C14H14F2N4/c15-12-5-10(6-13(16)7-12)11-8-18-14(19-9-11)20-3-1-17-2-4-20/h5-9,17H,1-4H2. The van der Waals surface area contributed by atoms with Gasteiger partial charge in [-0.05, 0) is 17.7 Å². The average Bonchev–Trinajstić information content (AvgIpc) is 2.47. The number of piperazine rings is 1. The van der Waals surface area contributed by atoms with Gasteiger partial charge in [0.1, 0.15) is 11.6 Å². The Morgan fingerprint density at radius 1 is 0.900 bits per heavy atom. The summed E-state index contributed by atoms with van der Waals surface area (Å²) < 4.78 is 26.4. The number of halogens is 2. The van der Waals surface area contributed by atoms with Crippen molar-refractivity contribution in [3.05, 3.63) is 42.2 Å². The SMILES string of the molecule is Fc1cc(F)cc(-c2cnc(N3CCNCC3)nc2)c1. The summed E-state index contributed by atoms with van der Waals surface area (Å²) in [6.07, 6.45) is 3.19. The van der Waals surface area contributed by atoms with Gasteiger partial charge in [0.05, 0.1) is 0 Å².